The van der Waals surface area contributed by atoms with Crippen molar-refractivity contribution in [2.45, 2.75) is 75.6 Å². The molecule has 2 amide bonds. The first-order valence-corrected chi connectivity index (χ1v) is 26.9. The highest BCUT2D eigenvalue weighted by atomic mass is 33.1. The van der Waals surface area contributed by atoms with Gasteiger partial charge in [-0.05, 0) is 33.4 Å². The summed E-state index contributed by atoms with van der Waals surface area (Å²) < 4.78 is 82.4. The minimum absolute atomic E-state index is 0.00558. The van der Waals surface area contributed by atoms with E-state index in [4.69, 9.17) is 48.5 Å². The maximum absolute atomic E-state index is 12.5. The van der Waals surface area contributed by atoms with Gasteiger partial charge in [-0.3, -0.25) is 28.5 Å². The van der Waals surface area contributed by atoms with Gasteiger partial charge in [-0.2, -0.15) is 13.6 Å². The highest BCUT2D eigenvalue weighted by Gasteiger charge is 2.44. The predicted octanol–water partition coefficient (Wildman–Crippen LogP) is 1.79. The second-order valence-corrected chi connectivity index (χ2v) is 21.8. The summed E-state index contributed by atoms with van der Waals surface area (Å²) in [5, 5.41) is 5.69. The molecule has 2 aromatic rings. The molecule has 1 saturated heterocycles. The summed E-state index contributed by atoms with van der Waals surface area (Å²) >= 11 is 0. The van der Waals surface area contributed by atoms with Gasteiger partial charge in [-0.1, -0.05) is 28.0 Å². The molecule has 1 aliphatic heterocycles. The van der Waals surface area contributed by atoms with E-state index in [-0.39, 0.29) is 54.3 Å². The molecule has 2 aromatic heterocycles. The van der Waals surface area contributed by atoms with Gasteiger partial charge < -0.3 is 69.4 Å². The second kappa shape index (κ2) is 28.8. The van der Waals surface area contributed by atoms with Gasteiger partial charge in [0.1, 0.15) is 18.3 Å². The van der Waals surface area contributed by atoms with Crippen LogP contribution >= 0.6 is 45.1 Å². The van der Waals surface area contributed by atoms with Crippen molar-refractivity contribution in [3.63, 3.8) is 0 Å². The zero-order chi connectivity index (χ0) is 47.9. The number of rotatable bonds is 36. The predicted molar refractivity (Wildman–Crippen MR) is 237 cm³/mol. The lowest BCUT2D eigenvalue weighted by Gasteiger charge is -2.24. The molecule has 1 fully saturated rings. The van der Waals surface area contributed by atoms with Crippen LogP contribution < -0.4 is 21.9 Å². The third-order valence-electron chi connectivity index (χ3n) is 8.46. The molecule has 372 valence electrons. The lowest BCUT2D eigenvalue weighted by molar-refractivity contribution is -0.122. The molecule has 3 heterocycles. The average molecular weight is 1030 g/mol. The van der Waals surface area contributed by atoms with Gasteiger partial charge in [0.05, 0.1) is 71.9 Å². The Kier molecular flexibility index (Phi) is 25.3. The number of aromatic nitrogens is 4. The van der Waals surface area contributed by atoms with Gasteiger partial charge in [0, 0.05) is 43.6 Å². The fourth-order valence-corrected chi connectivity index (χ4v) is 10.7. The standard InChI is InChI=1S/C33H59N8O19P3S2/c1-33(2,21-37-27(43)8-11-52-13-15-54-17-18-55-16-14-53-12-10-36-26(42)7-5-4-6-9-35-3)65-64-23-56-24-19-28(41-22-38-29-30(41)39-32(34)40-31(29)44)58-25(24)20-57-62(48,49)60-63(50,51)59-61(45,46)47/h22,24-25,28H,3-21,23H2,1-2H3,(H,36,42)(H,37,43)(H,48,49)(H,50,51)(H2,45,46,47)(H3,34,39,40,44)/t24?,25-,28-/m1/s1. The van der Waals surface area contributed by atoms with E-state index in [1.54, 1.807) is 0 Å². The molecule has 1 aliphatic rings. The number of aliphatic imine (C=N–C) groups is 1. The SMILES string of the molecule is C=NCCCCCC(=O)NCCOCCOCCOCCOCCC(=O)NCC(C)(C)SSCOC1C[C@H](n2cnc3c(=O)[nH]c(N)nc32)O[C@@H]1COP(=O)(O)OP(=O)(O)OP(=O)(O)O. The largest absolute Gasteiger partial charge is 0.490 e. The zero-order valence-corrected chi connectivity index (χ0v) is 40.2. The Labute approximate surface area is 382 Å². The number of carbonyl (C=O) groups excluding carboxylic acids is 2. The summed E-state index contributed by atoms with van der Waals surface area (Å²) in [6.07, 6.45) is 1.66. The molecule has 5 atom stereocenters. The van der Waals surface area contributed by atoms with E-state index in [9.17, 15) is 37.9 Å². The second-order valence-electron chi connectivity index (χ2n) is 14.4. The Balaban J connectivity index is 1.30. The van der Waals surface area contributed by atoms with Crippen LogP contribution in [-0.2, 0) is 64.9 Å². The van der Waals surface area contributed by atoms with Crippen LogP contribution in [0.15, 0.2) is 16.1 Å². The number of phosphoric ester groups is 1. The first-order valence-electron chi connectivity index (χ1n) is 20.0. The first kappa shape index (κ1) is 57.0. The number of fused-ring (bicyclic) bond motifs is 1. The third-order valence-corrected chi connectivity index (χ3v) is 15.2. The number of carbonyl (C=O) groups is 2. The Hall–Kier alpha value is -2.37. The summed E-state index contributed by atoms with van der Waals surface area (Å²) in [6, 6.07) is 0. The van der Waals surface area contributed by atoms with Crippen LogP contribution in [0.2, 0.25) is 0 Å². The number of anilines is 1. The van der Waals surface area contributed by atoms with Gasteiger partial charge in [-0.15, -0.1) is 0 Å². The summed E-state index contributed by atoms with van der Waals surface area (Å²) in [6.45, 7) is 10.6. The number of nitrogens with two attached hydrogens (primary N) is 1. The molecule has 27 nitrogen and oxygen atoms in total. The number of ether oxygens (including phenoxy) is 6. The van der Waals surface area contributed by atoms with Gasteiger partial charge >= 0.3 is 23.5 Å². The summed E-state index contributed by atoms with van der Waals surface area (Å²) in [4.78, 5) is 87.9. The molecule has 3 rings (SSSR count). The molecule has 0 spiro atoms. The minimum Gasteiger partial charge on any atom is -0.379 e. The van der Waals surface area contributed by atoms with Gasteiger partial charge in [-0.25, -0.2) is 18.7 Å². The Morgan fingerprint density at radius 2 is 1.60 bits per heavy atom. The number of nitrogens with one attached hydrogen (secondary N) is 3. The molecule has 0 aromatic carbocycles. The van der Waals surface area contributed by atoms with E-state index >= 15 is 0 Å². The average Bonchev–Trinajstić information content (AvgIpc) is 3.82. The van der Waals surface area contributed by atoms with E-state index in [1.807, 2.05) is 13.8 Å². The van der Waals surface area contributed by atoms with Gasteiger partial charge in [0.15, 0.2) is 11.2 Å². The highest BCUT2D eigenvalue weighted by molar-refractivity contribution is 8.77. The topological polar surface area (TPSA) is 375 Å². The summed E-state index contributed by atoms with van der Waals surface area (Å²) in [5.41, 5.74) is 5.10. The first-order chi connectivity index (χ1) is 30.7. The Morgan fingerprint density at radius 1 is 0.954 bits per heavy atom. The van der Waals surface area contributed by atoms with Gasteiger partial charge in [0.25, 0.3) is 5.56 Å². The number of hydrogen-bond acceptors (Lipinski definition) is 21. The van der Waals surface area contributed by atoms with Crippen molar-refractivity contribution in [1.82, 2.24) is 30.2 Å². The van der Waals surface area contributed by atoms with E-state index in [0.29, 0.717) is 65.8 Å². The molecule has 32 heteroatoms. The molecule has 3 unspecified atom stereocenters. The molecular formula is C33H59N8O19P3S2. The van der Waals surface area contributed by atoms with Crippen molar-refractivity contribution in [3.05, 3.63) is 16.7 Å². The van der Waals surface area contributed by atoms with Crippen molar-refractivity contribution >= 4 is 80.7 Å². The zero-order valence-electron chi connectivity index (χ0n) is 35.9. The molecule has 9 N–H and O–H groups in total. The highest BCUT2D eigenvalue weighted by Crippen LogP contribution is 2.66. The number of nitrogen functional groups attached to an aromatic ring is 1. The van der Waals surface area contributed by atoms with Crippen LogP contribution in [0.5, 0.6) is 0 Å². The van der Waals surface area contributed by atoms with E-state index in [1.165, 1.54) is 32.5 Å². The fourth-order valence-electron chi connectivity index (χ4n) is 5.51. The van der Waals surface area contributed by atoms with Crippen molar-refractivity contribution in [1.29, 1.82) is 0 Å². The molecule has 0 bridgehead atoms. The maximum atomic E-state index is 12.5. The van der Waals surface area contributed by atoms with E-state index in [0.717, 1.165) is 25.8 Å². The maximum Gasteiger partial charge on any atom is 0.490 e. The minimum atomic E-state index is -5.77. The number of imidazole rings is 1. The van der Waals surface area contributed by atoms with Crippen molar-refractivity contribution in [2.24, 2.45) is 4.99 Å². The van der Waals surface area contributed by atoms with E-state index in [2.05, 4.69) is 45.9 Å². The van der Waals surface area contributed by atoms with Crippen LogP contribution in [0.3, 0.4) is 0 Å². The molecule has 0 aliphatic carbocycles. The lowest BCUT2D eigenvalue weighted by atomic mass is 10.2. The number of H-pyrrole nitrogens is 1. The number of amides is 2. The van der Waals surface area contributed by atoms with Gasteiger partial charge in [0.2, 0.25) is 17.8 Å². The van der Waals surface area contributed by atoms with Crippen LogP contribution in [0.4, 0.5) is 5.95 Å². The smallest absolute Gasteiger partial charge is 0.379 e. The number of unbranched alkanes of at least 4 members (excludes halogenated alkanes) is 2. The Morgan fingerprint density at radius 3 is 2.26 bits per heavy atom. The third kappa shape index (κ3) is 24.0. The monoisotopic (exact) mass is 1030 g/mol. The molecule has 0 radical (unpaired) electrons. The van der Waals surface area contributed by atoms with Crippen molar-refractivity contribution in [3.8, 4) is 0 Å². The fraction of sp³-hybridized carbons (Fsp3) is 0.758. The Bertz CT molecular complexity index is 2000. The molecule has 0 saturated carbocycles. The number of hydrogen-bond donors (Lipinski definition) is 8. The normalized spacial score (nSPS) is 18.6. The van der Waals surface area contributed by atoms with Crippen LogP contribution in [0.25, 0.3) is 11.2 Å². The molecular weight excluding hydrogens is 969 g/mol. The number of phosphoric acid groups is 3. The summed E-state index contributed by atoms with van der Waals surface area (Å²) in [5.74, 6) is -0.384. The van der Waals surface area contributed by atoms with Crippen LogP contribution in [0, 0.1) is 0 Å². The van der Waals surface area contributed by atoms with Crippen molar-refractivity contribution < 1.29 is 84.4 Å². The summed E-state index contributed by atoms with van der Waals surface area (Å²) in [7, 11) is -14.2. The van der Waals surface area contributed by atoms with E-state index < -0.39 is 58.8 Å². The quantitative estimate of drug-likeness (QED) is 0.0158. The molecule has 65 heavy (non-hydrogen) atoms. The lowest BCUT2D eigenvalue weighted by Crippen LogP contribution is -2.36. The number of aromatic amines is 1. The van der Waals surface area contributed by atoms with Crippen molar-refractivity contribution in [2.75, 3.05) is 90.8 Å². The van der Waals surface area contributed by atoms with Crippen LogP contribution in [-0.4, -0.2) is 160 Å². The number of nitrogens with zero attached hydrogens (tertiary/aromatic N) is 4. The van der Waals surface area contributed by atoms with Crippen LogP contribution in [0.1, 0.15) is 58.6 Å².